The lowest BCUT2D eigenvalue weighted by Gasteiger charge is -2.14. The highest BCUT2D eigenvalue weighted by atomic mass is 32.2. The number of unbranched alkanes of at least 4 members (excludes halogenated alkanes) is 5. The predicted octanol–water partition coefficient (Wildman–Crippen LogP) is 1.62. The van der Waals surface area contributed by atoms with Crippen molar-refractivity contribution in [3.8, 4) is 0 Å². The molecule has 0 aromatic heterocycles. The molecule has 7 heteroatoms. The summed E-state index contributed by atoms with van der Waals surface area (Å²) in [6.45, 7) is 2.48. The maximum absolute atomic E-state index is 11.3. The lowest BCUT2D eigenvalue weighted by Crippen LogP contribution is -2.33. The van der Waals surface area contributed by atoms with Gasteiger partial charge in [-0.1, -0.05) is 39.0 Å². The van der Waals surface area contributed by atoms with Crippen molar-refractivity contribution >= 4 is 16.4 Å². The van der Waals surface area contributed by atoms with Gasteiger partial charge in [-0.25, -0.2) is 4.79 Å². The molecule has 0 saturated carbocycles. The third-order valence-corrected chi connectivity index (χ3v) is 3.72. The molecule has 0 atom stereocenters. The van der Waals surface area contributed by atoms with Gasteiger partial charge in [0.25, 0.3) is 0 Å². The van der Waals surface area contributed by atoms with E-state index in [2.05, 4.69) is 16.8 Å². The maximum atomic E-state index is 11.3. The normalized spacial score (nSPS) is 11.7. The van der Waals surface area contributed by atoms with Crippen LogP contribution in [-0.4, -0.2) is 32.4 Å². The van der Waals surface area contributed by atoms with Crippen LogP contribution in [-0.2, 0) is 14.5 Å². The molecule has 0 bridgehead atoms. The fourth-order valence-corrected chi connectivity index (χ4v) is 2.08. The molecule has 102 valence electrons. The van der Waals surface area contributed by atoms with E-state index in [-0.39, 0.29) is 0 Å². The van der Waals surface area contributed by atoms with E-state index in [1.54, 1.807) is 0 Å². The van der Waals surface area contributed by atoms with Crippen LogP contribution in [0.1, 0.15) is 45.4 Å². The minimum absolute atomic E-state index is 0.335. The Balaban J connectivity index is 3.78. The first kappa shape index (κ1) is 16.2. The smallest absolute Gasteiger partial charge is 0.334 e. The van der Waals surface area contributed by atoms with Crippen molar-refractivity contribution in [2.24, 2.45) is 5.73 Å². The summed E-state index contributed by atoms with van der Waals surface area (Å²) >= 11 is 0. The molecule has 2 N–H and O–H groups in total. The van der Waals surface area contributed by atoms with Gasteiger partial charge in [-0.2, -0.15) is 12.7 Å². The summed E-state index contributed by atoms with van der Waals surface area (Å²) in [5.74, 6) is 0. The average molecular weight is 266 g/mol. The molecule has 0 heterocycles. The van der Waals surface area contributed by atoms with Gasteiger partial charge in [0, 0.05) is 13.6 Å². The van der Waals surface area contributed by atoms with Crippen LogP contribution in [0.15, 0.2) is 0 Å². The van der Waals surface area contributed by atoms with E-state index in [1.807, 2.05) is 0 Å². The average Bonchev–Trinajstić information content (AvgIpc) is 2.21. The van der Waals surface area contributed by atoms with Gasteiger partial charge in [-0.05, 0) is 6.42 Å². The fraction of sp³-hybridized carbons (Fsp3) is 0.900. The van der Waals surface area contributed by atoms with Crippen molar-refractivity contribution in [1.82, 2.24) is 4.31 Å². The number of hydrogen-bond acceptors (Lipinski definition) is 4. The monoisotopic (exact) mass is 266 g/mol. The number of hydrogen-bond donors (Lipinski definition) is 1. The molecule has 0 unspecified atom stereocenters. The van der Waals surface area contributed by atoms with E-state index in [1.165, 1.54) is 26.3 Å². The van der Waals surface area contributed by atoms with Crippen molar-refractivity contribution in [2.75, 3.05) is 13.6 Å². The van der Waals surface area contributed by atoms with Crippen LogP contribution in [0, 0.1) is 0 Å². The molecule has 6 nitrogen and oxygen atoms in total. The quantitative estimate of drug-likeness (QED) is 0.642. The zero-order valence-electron chi connectivity index (χ0n) is 10.5. The van der Waals surface area contributed by atoms with E-state index in [4.69, 9.17) is 0 Å². The minimum Gasteiger partial charge on any atom is -0.334 e. The van der Waals surface area contributed by atoms with Crippen molar-refractivity contribution < 1.29 is 17.4 Å². The first-order valence-electron chi connectivity index (χ1n) is 5.85. The Morgan fingerprint density at radius 3 is 2.24 bits per heavy atom. The summed E-state index contributed by atoms with van der Waals surface area (Å²) in [4.78, 5) is 10.4. The number of carbonyl (C=O) groups is 1. The Hall–Kier alpha value is -0.820. The van der Waals surface area contributed by atoms with Gasteiger partial charge in [-0.3, -0.25) is 0 Å². The van der Waals surface area contributed by atoms with Gasteiger partial charge >= 0.3 is 16.4 Å². The number of rotatable bonds is 9. The zero-order valence-corrected chi connectivity index (χ0v) is 11.3. The predicted molar refractivity (Wildman–Crippen MR) is 65.6 cm³/mol. The molecule has 0 rings (SSSR count). The second-order valence-electron chi connectivity index (χ2n) is 3.95. The first-order chi connectivity index (χ1) is 7.90. The van der Waals surface area contributed by atoms with Crippen LogP contribution in [0.3, 0.4) is 0 Å². The third-order valence-electron chi connectivity index (χ3n) is 2.40. The molecule has 0 aromatic rings. The SMILES string of the molecule is CCCCCCCCN(C)S(=O)(=O)OC(N)=O. The highest BCUT2D eigenvalue weighted by Gasteiger charge is 2.20. The number of carbonyl (C=O) groups excluding carboxylic acids is 1. The first-order valence-corrected chi connectivity index (χ1v) is 7.22. The summed E-state index contributed by atoms with van der Waals surface area (Å²) < 4.78 is 27.6. The zero-order chi connectivity index (χ0) is 13.3. The maximum Gasteiger partial charge on any atom is 0.421 e. The summed E-state index contributed by atoms with van der Waals surface area (Å²) in [5, 5.41) is 0. The van der Waals surface area contributed by atoms with Crippen molar-refractivity contribution in [3.63, 3.8) is 0 Å². The van der Waals surface area contributed by atoms with Gasteiger partial charge in [0.15, 0.2) is 0 Å². The van der Waals surface area contributed by atoms with E-state index >= 15 is 0 Å². The van der Waals surface area contributed by atoms with Crippen LogP contribution < -0.4 is 5.73 Å². The molecular weight excluding hydrogens is 244 g/mol. The largest absolute Gasteiger partial charge is 0.421 e. The molecule has 17 heavy (non-hydrogen) atoms. The molecule has 1 amide bonds. The lowest BCUT2D eigenvalue weighted by atomic mass is 10.1. The molecular formula is C10H22N2O4S. The lowest BCUT2D eigenvalue weighted by molar-refractivity contribution is 0.207. The summed E-state index contributed by atoms with van der Waals surface area (Å²) in [6, 6.07) is 0. The van der Waals surface area contributed by atoms with Crippen LogP contribution >= 0.6 is 0 Å². The van der Waals surface area contributed by atoms with E-state index in [0.29, 0.717) is 6.54 Å². The Kier molecular flexibility index (Phi) is 7.90. The Morgan fingerprint density at radius 2 is 1.71 bits per heavy atom. The van der Waals surface area contributed by atoms with Crippen LogP contribution in [0.4, 0.5) is 4.79 Å². The van der Waals surface area contributed by atoms with Crippen molar-refractivity contribution in [3.05, 3.63) is 0 Å². The summed E-state index contributed by atoms with van der Waals surface area (Å²) in [7, 11) is -2.63. The Bertz CT molecular complexity index is 316. The highest BCUT2D eigenvalue weighted by Crippen LogP contribution is 2.07. The summed E-state index contributed by atoms with van der Waals surface area (Å²) in [6.07, 6.45) is 5.07. The molecule has 0 radical (unpaired) electrons. The standard InChI is InChI=1S/C10H22N2O4S/c1-3-4-5-6-7-8-9-12(2)17(14,15)16-10(11)13/h3-9H2,1-2H3,(H2,11,13). The molecule has 0 aliphatic rings. The van der Waals surface area contributed by atoms with Gasteiger partial charge < -0.3 is 9.92 Å². The highest BCUT2D eigenvalue weighted by molar-refractivity contribution is 7.84. The van der Waals surface area contributed by atoms with Crippen LogP contribution in [0.2, 0.25) is 0 Å². The molecule has 0 spiro atoms. The number of nitrogens with zero attached hydrogens (tertiary/aromatic N) is 1. The molecule has 0 aliphatic heterocycles. The van der Waals surface area contributed by atoms with Gasteiger partial charge in [0.2, 0.25) is 0 Å². The third kappa shape index (κ3) is 7.98. The number of nitrogens with two attached hydrogens (primary N) is 1. The van der Waals surface area contributed by atoms with E-state index in [0.717, 1.165) is 23.6 Å². The Labute approximate surface area is 103 Å². The number of amides is 1. The van der Waals surface area contributed by atoms with Gasteiger partial charge in [0.1, 0.15) is 0 Å². The van der Waals surface area contributed by atoms with Crippen LogP contribution in [0.25, 0.3) is 0 Å². The second kappa shape index (κ2) is 8.30. The number of primary amides is 1. The Morgan fingerprint density at radius 1 is 1.18 bits per heavy atom. The molecule has 0 aliphatic carbocycles. The van der Waals surface area contributed by atoms with Gasteiger partial charge in [-0.15, -0.1) is 0 Å². The van der Waals surface area contributed by atoms with Gasteiger partial charge in [0.05, 0.1) is 0 Å². The molecule has 0 fully saturated rings. The topological polar surface area (TPSA) is 89.7 Å². The molecule has 0 aromatic carbocycles. The van der Waals surface area contributed by atoms with E-state index < -0.39 is 16.4 Å². The minimum atomic E-state index is -4.00. The van der Waals surface area contributed by atoms with Crippen LogP contribution in [0.5, 0.6) is 0 Å². The summed E-state index contributed by atoms with van der Waals surface area (Å²) in [5.41, 5.74) is 4.66. The van der Waals surface area contributed by atoms with E-state index in [9.17, 15) is 13.2 Å². The van der Waals surface area contributed by atoms with Crippen molar-refractivity contribution in [2.45, 2.75) is 45.4 Å². The second-order valence-corrected chi connectivity index (χ2v) is 5.59. The molecule has 0 saturated heterocycles. The van der Waals surface area contributed by atoms with Crippen molar-refractivity contribution in [1.29, 1.82) is 0 Å². The fourth-order valence-electron chi connectivity index (χ4n) is 1.39.